The largest absolute Gasteiger partial charge is 0.315 e. The quantitative estimate of drug-likeness (QED) is 0.893. The number of benzene rings is 1. The highest BCUT2D eigenvalue weighted by Crippen LogP contribution is 2.31. The summed E-state index contributed by atoms with van der Waals surface area (Å²) in [4.78, 5) is 4.81. The van der Waals surface area contributed by atoms with E-state index in [-0.39, 0.29) is 0 Å². The number of aromatic nitrogens is 1. The third kappa shape index (κ3) is 1.70. The van der Waals surface area contributed by atoms with Gasteiger partial charge in [-0.25, -0.2) is 4.98 Å². The fourth-order valence-corrected chi connectivity index (χ4v) is 3.73. The van der Waals surface area contributed by atoms with E-state index in [1.165, 1.54) is 41.0 Å². The number of nitrogens with one attached hydrogen (secondary N) is 1. The lowest BCUT2D eigenvalue weighted by atomic mass is 10.0. The van der Waals surface area contributed by atoms with E-state index in [0.29, 0.717) is 5.92 Å². The molecule has 1 aliphatic carbocycles. The van der Waals surface area contributed by atoms with E-state index in [9.17, 15) is 0 Å². The summed E-state index contributed by atoms with van der Waals surface area (Å²) in [6, 6.07) is 6.88. The van der Waals surface area contributed by atoms with E-state index in [2.05, 4.69) is 28.9 Å². The Morgan fingerprint density at radius 3 is 2.89 bits per heavy atom. The molecule has 0 atom stereocenters. The molecule has 0 amide bonds. The summed E-state index contributed by atoms with van der Waals surface area (Å²) in [5.74, 6) is 0.651. The van der Waals surface area contributed by atoms with Crippen LogP contribution in [0.15, 0.2) is 23.6 Å². The predicted octanol–water partition coefficient (Wildman–Crippen LogP) is 2.99. The first-order chi connectivity index (χ1) is 8.90. The van der Waals surface area contributed by atoms with Gasteiger partial charge in [0, 0.05) is 30.0 Å². The SMILES string of the molecule is c1cc2c(cc1-c1csc(C3CNC3)n1)CCC2. The van der Waals surface area contributed by atoms with Crippen LogP contribution >= 0.6 is 11.3 Å². The molecule has 4 rings (SSSR count). The number of aryl methyl sites for hydroxylation is 2. The summed E-state index contributed by atoms with van der Waals surface area (Å²) in [5.41, 5.74) is 5.53. The lowest BCUT2D eigenvalue weighted by Gasteiger charge is -2.24. The van der Waals surface area contributed by atoms with Crippen LogP contribution in [0.4, 0.5) is 0 Å². The molecule has 0 radical (unpaired) electrons. The highest BCUT2D eigenvalue weighted by molar-refractivity contribution is 7.10. The lowest BCUT2D eigenvalue weighted by molar-refractivity contribution is 0.447. The van der Waals surface area contributed by atoms with Crippen molar-refractivity contribution in [3.05, 3.63) is 39.7 Å². The second-order valence-corrected chi connectivity index (χ2v) is 6.15. The summed E-state index contributed by atoms with van der Waals surface area (Å²) in [5, 5.41) is 6.82. The summed E-state index contributed by atoms with van der Waals surface area (Å²) in [6.45, 7) is 2.19. The number of nitrogens with zero attached hydrogens (tertiary/aromatic N) is 1. The van der Waals surface area contributed by atoms with Crippen LogP contribution in [0.2, 0.25) is 0 Å². The number of thiazole rings is 1. The number of rotatable bonds is 2. The minimum atomic E-state index is 0.651. The van der Waals surface area contributed by atoms with Crippen LogP contribution in [-0.4, -0.2) is 18.1 Å². The van der Waals surface area contributed by atoms with Crippen LogP contribution < -0.4 is 5.32 Å². The highest BCUT2D eigenvalue weighted by atomic mass is 32.1. The molecule has 92 valence electrons. The zero-order valence-electron chi connectivity index (χ0n) is 10.3. The topological polar surface area (TPSA) is 24.9 Å². The summed E-state index contributed by atoms with van der Waals surface area (Å²) < 4.78 is 0. The molecule has 2 aliphatic rings. The molecule has 0 spiro atoms. The van der Waals surface area contributed by atoms with Crippen LogP contribution in [0.5, 0.6) is 0 Å². The molecular weight excluding hydrogens is 240 g/mol. The summed E-state index contributed by atoms with van der Waals surface area (Å²) >= 11 is 1.81. The van der Waals surface area contributed by atoms with Crippen LogP contribution in [0.1, 0.15) is 28.5 Å². The predicted molar refractivity (Wildman–Crippen MR) is 75.2 cm³/mol. The normalized spacial score (nSPS) is 18.7. The molecule has 1 aromatic carbocycles. The minimum absolute atomic E-state index is 0.651. The van der Waals surface area contributed by atoms with Gasteiger partial charge in [0.1, 0.15) is 0 Å². The Morgan fingerprint density at radius 2 is 2.06 bits per heavy atom. The van der Waals surface area contributed by atoms with Crippen molar-refractivity contribution >= 4 is 11.3 Å². The van der Waals surface area contributed by atoms with Gasteiger partial charge < -0.3 is 5.32 Å². The molecule has 0 saturated carbocycles. The molecule has 0 unspecified atom stereocenters. The van der Waals surface area contributed by atoms with Crippen molar-refractivity contribution in [2.45, 2.75) is 25.2 Å². The smallest absolute Gasteiger partial charge is 0.0989 e. The molecule has 1 saturated heterocycles. The molecule has 1 fully saturated rings. The second kappa shape index (κ2) is 4.18. The summed E-state index contributed by atoms with van der Waals surface area (Å²) in [6.07, 6.45) is 3.81. The zero-order chi connectivity index (χ0) is 11.9. The monoisotopic (exact) mass is 256 g/mol. The number of hydrogen-bond acceptors (Lipinski definition) is 3. The van der Waals surface area contributed by atoms with Crippen molar-refractivity contribution in [3.63, 3.8) is 0 Å². The third-order valence-corrected chi connectivity index (χ3v) is 5.05. The minimum Gasteiger partial charge on any atom is -0.315 e. The van der Waals surface area contributed by atoms with Gasteiger partial charge in [0.25, 0.3) is 0 Å². The van der Waals surface area contributed by atoms with E-state index < -0.39 is 0 Å². The van der Waals surface area contributed by atoms with Gasteiger partial charge in [-0.15, -0.1) is 11.3 Å². The maximum Gasteiger partial charge on any atom is 0.0989 e. The Labute approximate surface area is 111 Å². The van der Waals surface area contributed by atoms with E-state index in [0.717, 1.165) is 18.8 Å². The molecule has 1 N–H and O–H groups in total. The van der Waals surface area contributed by atoms with Gasteiger partial charge in [0.2, 0.25) is 0 Å². The molecule has 2 heterocycles. The molecule has 2 nitrogen and oxygen atoms in total. The highest BCUT2D eigenvalue weighted by Gasteiger charge is 2.22. The molecule has 3 heteroatoms. The van der Waals surface area contributed by atoms with Gasteiger partial charge >= 0.3 is 0 Å². The van der Waals surface area contributed by atoms with Gasteiger partial charge in [-0.3, -0.25) is 0 Å². The van der Waals surface area contributed by atoms with Gasteiger partial charge in [-0.2, -0.15) is 0 Å². The Balaban J connectivity index is 1.67. The Morgan fingerprint density at radius 1 is 1.17 bits per heavy atom. The van der Waals surface area contributed by atoms with E-state index in [4.69, 9.17) is 4.98 Å². The zero-order valence-corrected chi connectivity index (χ0v) is 11.1. The van der Waals surface area contributed by atoms with E-state index in [1.807, 2.05) is 11.3 Å². The maximum atomic E-state index is 4.81. The molecule has 1 aliphatic heterocycles. The first-order valence-corrected chi connectivity index (χ1v) is 7.56. The first-order valence-electron chi connectivity index (χ1n) is 6.68. The summed E-state index contributed by atoms with van der Waals surface area (Å²) in [7, 11) is 0. The van der Waals surface area contributed by atoms with Crippen LogP contribution in [0.3, 0.4) is 0 Å². The maximum absolute atomic E-state index is 4.81. The van der Waals surface area contributed by atoms with Crippen LogP contribution in [-0.2, 0) is 12.8 Å². The first kappa shape index (κ1) is 10.7. The number of fused-ring (bicyclic) bond motifs is 1. The van der Waals surface area contributed by atoms with Crippen LogP contribution in [0.25, 0.3) is 11.3 Å². The standard InChI is InChI=1S/C15H16N2S/c1-2-10-4-5-12(6-11(10)3-1)14-9-18-15(17-14)13-7-16-8-13/h4-6,9,13,16H,1-3,7-8H2. The van der Waals surface area contributed by atoms with Crippen molar-refractivity contribution < 1.29 is 0 Å². The van der Waals surface area contributed by atoms with Crippen molar-refractivity contribution in [2.24, 2.45) is 0 Å². The van der Waals surface area contributed by atoms with Crippen molar-refractivity contribution in [3.8, 4) is 11.3 Å². The van der Waals surface area contributed by atoms with Crippen molar-refractivity contribution in [1.82, 2.24) is 10.3 Å². The number of hydrogen-bond donors (Lipinski definition) is 1. The van der Waals surface area contributed by atoms with Crippen molar-refractivity contribution in [2.75, 3.05) is 13.1 Å². The van der Waals surface area contributed by atoms with Gasteiger partial charge in [-0.1, -0.05) is 12.1 Å². The van der Waals surface area contributed by atoms with E-state index >= 15 is 0 Å². The molecule has 0 bridgehead atoms. The third-order valence-electron chi connectivity index (χ3n) is 4.05. The van der Waals surface area contributed by atoms with Crippen molar-refractivity contribution in [1.29, 1.82) is 0 Å². The Bertz CT molecular complexity index is 584. The molecular formula is C15H16N2S. The fourth-order valence-electron chi connectivity index (χ4n) is 2.80. The van der Waals surface area contributed by atoms with Gasteiger partial charge in [-0.05, 0) is 36.5 Å². The van der Waals surface area contributed by atoms with Crippen LogP contribution in [0, 0.1) is 0 Å². The Hall–Kier alpha value is -1.19. The Kier molecular flexibility index (Phi) is 2.49. The lowest BCUT2D eigenvalue weighted by Crippen LogP contribution is -2.39. The van der Waals surface area contributed by atoms with Gasteiger partial charge in [0.05, 0.1) is 10.7 Å². The average molecular weight is 256 g/mol. The molecule has 18 heavy (non-hydrogen) atoms. The van der Waals surface area contributed by atoms with Gasteiger partial charge in [0.15, 0.2) is 0 Å². The fraction of sp³-hybridized carbons (Fsp3) is 0.400. The van der Waals surface area contributed by atoms with E-state index in [1.54, 1.807) is 0 Å². The second-order valence-electron chi connectivity index (χ2n) is 5.26. The average Bonchev–Trinajstić information content (AvgIpc) is 2.93. The molecule has 2 aromatic rings. The molecule has 1 aromatic heterocycles.